The number of hydroxylamine groups is 3. The fourth-order valence-corrected chi connectivity index (χ4v) is 11.2. The molecule has 0 N–H and O–H groups in total. The van der Waals surface area contributed by atoms with Crippen molar-refractivity contribution < 1.29 is 13.5 Å². The van der Waals surface area contributed by atoms with E-state index in [1.165, 1.54) is 12.1 Å². The maximum absolute atomic E-state index is 14.8. The summed E-state index contributed by atoms with van der Waals surface area (Å²) in [5.41, 5.74) is 3.73. The van der Waals surface area contributed by atoms with E-state index in [2.05, 4.69) is 90.1 Å². The van der Waals surface area contributed by atoms with Gasteiger partial charge >= 0.3 is 8.32 Å². The molecule has 1 heterocycles. The van der Waals surface area contributed by atoms with Crippen LogP contribution in [0.4, 0.5) is 4.39 Å². The lowest BCUT2D eigenvalue weighted by Gasteiger charge is -2.54. The molecule has 3 aromatic carbocycles. The van der Waals surface area contributed by atoms with Gasteiger partial charge in [-0.15, -0.1) is 0 Å². The normalized spacial score (nSPS) is 19.9. The highest BCUT2D eigenvalue weighted by Gasteiger charge is 2.55. The largest absolute Gasteiger partial charge is 0.627 e. The van der Waals surface area contributed by atoms with E-state index >= 15 is 0 Å². The zero-order chi connectivity index (χ0) is 30.7. The predicted octanol–water partition coefficient (Wildman–Crippen LogP) is 8.95. The number of benzene rings is 3. The van der Waals surface area contributed by atoms with Crippen LogP contribution in [0.25, 0.3) is 5.57 Å². The standard InChI is InChI=1S/C37H48FNO2Si/c1-9-10-13-22-33-28(4)39(8,40)35(27(2)3)36(34(33)29-23-25-30(38)26-24-29)41-42(37(5,6)7,31-18-14-11-15-19-31)32-20-16-12-17-21-32/h11-12,14-21,23-27,35H,9-10,13,22H2,1-8H3. The lowest BCUT2D eigenvalue weighted by Crippen LogP contribution is -2.68. The Hall–Kier alpha value is -2.99. The van der Waals surface area contributed by atoms with E-state index in [1.807, 2.05) is 31.2 Å². The van der Waals surface area contributed by atoms with Crippen molar-refractivity contribution in [1.29, 1.82) is 0 Å². The van der Waals surface area contributed by atoms with Crippen LogP contribution in [0.5, 0.6) is 0 Å². The lowest BCUT2D eigenvalue weighted by atomic mass is 9.83. The van der Waals surface area contributed by atoms with E-state index in [0.717, 1.165) is 64.2 Å². The van der Waals surface area contributed by atoms with Crippen molar-refractivity contribution in [3.63, 3.8) is 0 Å². The van der Waals surface area contributed by atoms with Crippen LogP contribution in [0.15, 0.2) is 102 Å². The van der Waals surface area contributed by atoms with Crippen molar-refractivity contribution in [2.75, 3.05) is 7.05 Å². The molecule has 1 aliphatic heterocycles. The van der Waals surface area contributed by atoms with E-state index in [-0.39, 0.29) is 16.8 Å². The third-order valence-corrected chi connectivity index (χ3v) is 13.9. The van der Waals surface area contributed by atoms with Crippen LogP contribution < -0.4 is 10.4 Å². The Morgan fingerprint density at radius 3 is 1.86 bits per heavy atom. The minimum Gasteiger partial charge on any atom is -0.627 e. The lowest BCUT2D eigenvalue weighted by molar-refractivity contribution is -0.849. The number of hydrogen-bond donors (Lipinski definition) is 0. The van der Waals surface area contributed by atoms with Gasteiger partial charge in [-0.25, -0.2) is 4.39 Å². The predicted molar refractivity (Wildman–Crippen MR) is 177 cm³/mol. The molecule has 42 heavy (non-hydrogen) atoms. The Balaban J connectivity index is 2.14. The second-order valence-corrected chi connectivity index (χ2v) is 17.4. The SMILES string of the molecule is CCCCCC1=C(C)[N+](C)([O-])C(C(C)C)C(O[Si](c2ccccc2)(c2ccccc2)C(C)(C)C)=C1c1ccc(F)cc1. The van der Waals surface area contributed by atoms with Crippen molar-refractivity contribution in [3.05, 3.63) is 119 Å². The summed E-state index contributed by atoms with van der Waals surface area (Å²) in [6, 6.07) is 27.4. The molecule has 0 bridgehead atoms. The van der Waals surface area contributed by atoms with Gasteiger partial charge < -0.3 is 14.3 Å². The monoisotopic (exact) mass is 585 g/mol. The second kappa shape index (κ2) is 12.7. The highest BCUT2D eigenvalue weighted by Crippen LogP contribution is 2.48. The molecule has 1 aliphatic rings. The molecule has 3 nitrogen and oxygen atoms in total. The van der Waals surface area contributed by atoms with Gasteiger partial charge in [-0.3, -0.25) is 0 Å². The van der Waals surface area contributed by atoms with E-state index in [0.29, 0.717) is 0 Å². The summed E-state index contributed by atoms with van der Waals surface area (Å²) in [5.74, 6) is 0.478. The molecule has 0 saturated carbocycles. The zero-order valence-electron chi connectivity index (χ0n) is 26.7. The van der Waals surface area contributed by atoms with Gasteiger partial charge in [0, 0.05) is 24.0 Å². The third-order valence-electron chi connectivity index (χ3n) is 8.92. The number of halogens is 1. The minimum absolute atomic E-state index is 0.00306. The van der Waals surface area contributed by atoms with E-state index in [1.54, 1.807) is 7.05 Å². The molecule has 0 saturated heterocycles. The third kappa shape index (κ3) is 5.92. The van der Waals surface area contributed by atoms with Gasteiger partial charge in [0.05, 0.1) is 7.05 Å². The number of hydrogen-bond acceptors (Lipinski definition) is 2. The highest BCUT2D eigenvalue weighted by molar-refractivity contribution is 6.99. The molecular weight excluding hydrogens is 537 g/mol. The van der Waals surface area contributed by atoms with Crippen LogP contribution in [-0.4, -0.2) is 26.1 Å². The Kier molecular flexibility index (Phi) is 9.66. The quantitative estimate of drug-likeness (QED) is 0.103. The molecule has 0 amide bonds. The number of rotatable bonds is 10. The molecule has 0 fully saturated rings. The number of likely N-dealkylation sites (N-methyl/N-ethyl adjacent to an activating group) is 1. The summed E-state index contributed by atoms with van der Waals surface area (Å²) in [5, 5.41) is 16.9. The van der Waals surface area contributed by atoms with Gasteiger partial charge in [0.15, 0.2) is 6.04 Å². The minimum atomic E-state index is -3.07. The van der Waals surface area contributed by atoms with Crippen LogP contribution in [0.1, 0.15) is 79.7 Å². The Morgan fingerprint density at radius 1 is 0.881 bits per heavy atom. The van der Waals surface area contributed by atoms with Crippen LogP contribution in [0, 0.1) is 16.9 Å². The fourth-order valence-electron chi connectivity index (χ4n) is 6.77. The van der Waals surface area contributed by atoms with Gasteiger partial charge in [0.25, 0.3) is 0 Å². The van der Waals surface area contributed by atoms with Crippen LogP contribution >= 0.6 is 0 Å². The Bertz CT molecular complexity index is 1360. The molecule has 0 radical (unpaired) electrons. The van der Waals surface area contributed by atoms with Crippen LogP contribution in [-0.2, 0) is 4.43 Å². The molecule has 0 aromatic heterocycles. The maximum Gasteiger partial charge on any atom is 0.319 e. The molecule has 3 aromatic rings. The summed E-state index contributed by atoms with van der Waals surface area (Å²) in [6.45, 7) is 15.2. The summed E-state index contributed by atoms with van der Waals surface area (Å²) in [6.07, 6.45) is 3.92. The topological polar surface area (TPSA) is 32.3 Å². The number of allylic oxidation sites excluding steroid dienone is 3. The van der Waals surface area contributed by atoms with Crippen molar-refractivity contribution in [2.24, 2.45) is 5.92 Å². The van der Waals surface area contributed by atoms with Crippen LogP contribution in [0.2, 0.25) is 5.04 Å². The second-order valence-electron chi connectivity index (χ2n) is 13.2. The van der Waals surface area contributed by atoms with Gasteiger partial charge in [0.2, 0.25) is 0 Å². The van der Waals surface area contributed by atoms with Gasteiger partial charge in [-0.1, -0.05) is 127 Å². The first-order valence-corrected chi connectivity index (χ1v) is 17.3. The average Bonchev–Trinajstić information content (AvgIpc) is 2.95. The van der Waals surface area contributed by atoms with Crippen LogP contribution in [0.3, 0.4) is 0 Å². The highest BCUT2D eigenvalue weighted by atomic mass is 28.4. The summed E-state index contributed by atoms with van der Waals surface area (Å²) in [7, 11) is -1.28. The number of nitrogens with zero attached hydrogens (tertiary/aromatic N) is 1. The molecular formula is C37H48FNO2Si. The Morgan fingerprint density at radius 2 is 1.40 bits per heavy atom. The van der Waals surface area contributed by atoms with Crippen molar-refractivity contribution in [2.45, 2.75) is 85.2 Å². The van der Waals surface area contributed by atoms with Gasteiger partial charge in [-0.2, -0.15) is 0 Å². The van der Waals surface area contributed by atoms with Crippen molar-refractivity contribution >= 4 is 24.3 Å². The molecule has 2 atom stereocenters. The van der Waals surface area contributed by atoms with Gasteiger partial charge in [0.1, 0.15) is 17.3 Å². The summed E-state index contributed by atoms with van der Waals surface area (Å²) >= 11 is 0. The van der Waals surface area contributed by atoms with E-state index in [4.69, 9.17) is 4.43 Å². The zero-order valence-corrected chi connectivity index (χ0v) is 27.7. The first-order chi connectivity index (χ1) is 19.9. The molecule has 2 unspecified atom stereocenters. The molecule has 5 heteroatoms. The van der Waals surface area contributed by atoms with Crippen molar-refractivity contribution in [1.82, 2.24) is 0 Å². The fraction of sp³-hybridized carbons (Fsp3) is 0.405. The molecule has 0 spiro atoms. The summed E-state index contributed by atoms with van der Waals surface area (Å²) in [4.78, 5) is 0. The van der Waals surface area contributed by atoms with Crippen molar-refractivity contribution in [3.8, 4) is 0 Å². The number of quaternary nitrogens is 1. The molecule has 0 aliphatic carbocycles. The van der Waals surface area contributed by atoms with Gasteiger partial charge in [-0.05, 0) is 45.9 Å². The van der Waals surface area contributed by atoms with E-state index < -0.39 is 19.0 Å². The number of unbranched alkanes of at least 4 members (excludes halogenated alkanes) is 2. The first-order valence-electron chi connectivity index (χ1n) is 15.4. The van der Waals surface area contributed by atoms with E-state index in [9.17, 15) is 9.60 Å². The average molecular weight is 586 g/mol. The molecule has 4 rings (SSSR count). The smallest absolute Gasteiger partial charge is 0.319 e. The maximum atomic E-state index is 14.8. The first kappa shape index (κ1) is 31.9. The Labute approximate surface area is 254 Å². The molecule has 224 valence electrons. The summed E-state index contributed by atoms with van der Waals surface area (Å²) < 4.78 is 21.5.